The predicted octanol–water partition coefficient (Wildman–Crippen LogP) is 3.43. The first-order chi connectivity index (χ1) is 7.32. The van der Waals surface area contributed by atoms with E-state index in [0.717, 1.165) is 12.1 Å². The Kier molecular flexibility index (Phi) is 3.91. The summed E-state index contributed by atoms with van der Waals surface area (Å²) in [5.41, 5.74) is -0.372. The number of halogens is 4. The lowest BCUT2D eigenvalue weighted by molar-refractivity contribution is -0.159. The molecule has 0 heterocycles. The zero-order chi connectivity index (χ0) is 12.3. The molecular weight excluding hydrogens is 222 g/mol. The average Bonchev–Trinajstić information content (AvgIpc) is 2.13. The Hall–Kier alpha value is -1.10. The van der Waals surface area contributed by atoms with Crippen LogP contribution in [0.5, 0.6) is 0 Å². The van der Waals surface area contributed by atoms with Crippen molar-refractivity contribution in [3.63, 3.8) is 0 Å². The van der Waals surface area contributed by atoms with E-state index < -0.39 is 18.0 Å². The normalized spacial score (nSPS) is 14.2. The Labute approximate surface area is 91.5 Å². The first-order valence-electron chi connectivity index (χ1n) is 4.89. The molecule has 90 valence electrons. The predicted molar refractivity (Wildman–Crippen MR) is 53.5 cm³/mol. The van der Waals surface area contributed by atoms with Crippen LogP contribution in [0.15, 0.2) is 24.3 Å². The van der Waals surface area contributed by atoms with Crippen LogP contribution >= 0.6 is 0 Å². The fourth-order valence-electron chi connectivity index (χ4n) is 1.40. The lowest BCUT2D eigenvalue weighted by atomic mass is 10.1. The van der Waals surface area contributed by atoms with Crippen molar-refractivity contribution in [2.45, 2.75) is 32.1 Å². The Morgan fingerprint density at radius 3 is 2.12 bits per heavy atom. The number of nitrogens with one attached hydrogen (secondary N) is 1. The summed E-state index contributed by atoms with van der Waals surface area (Å²) in [5, 5.41) is 2.31. The molecule has 1 N–H and O–H groups in total. The van der Waals surface area contributed by atoms with Gasteiger partial charge in [-0.05, 0) is 6.07 Å². The van der Waals surface area contributed by atoms with Crippen molar-refractivity contribution in [2.75, 3.05) is 0 Å². The van der Waals surface area contributed by atoms with Crippen molar-refractivity contribution in [2.24, 2.45) is 0 Å². The number of hydrogen-bond acceptors (Lipinski definition) is 1. The van der Waals surface area contributed by atoms with E-state index in [1.165, 1.54) is 12.1 Å². The van der Waals surface area contributed by atoms with Crippen molar-refractivity contribution in [1.82, 2.24) is 5.32 Å². The van der Waals surface area contributed by atoms with Crippen molar-refractivity contribution in [3.05, 3.63) is 35.6 Å². The van der Waals surface area contributed by atoms with Crippen LogP contribution in [0.4, 0.5) is 17.6 Å². The maximum atomic E-state index is 13.3. The van der Waals surface area contributed by atoms with Gasteiger partial charge in [-0.3, -0.25) is 0 Å². The Morgan fingerprint density at radius 1 is 1.12 bits per heavy atom. The minimum Gasteiger partial charge on any atom is -0.300 e. The van der Waals surface area contributed by atoms with Crippen LogP contribution in [0.1, 0.15) is 25.5 Å². The molecule has 0 saturated heterocycles. The first kappa shape index (κ1) is 13.0. The maximum absolute atomic E-state index is 13.3. The number of rotatable bonds is 3. The summed E-state index contributed by atoms with van der Waals surface area (Å²) >= 11 is 0. The second kappa shape index (κ2) is 4.82. The van der Waals surface area contributed by atoms with Gasteiger partial charge in [-0.25, -0.2) is 4.39 Å². The van der Waals surface area contributed by atoms with Crippen molar-refractivity contribution < 1.29 is 17.6 Å². The van der Waals surface area contributed by atoms with Crippen LogP contribution in [0.3, 0.4) is 0 Å². The molecule has 1 unspecified atom stereocenters. The molecule has 0 spiro atoms. The van der Waals surface area contributed by atoms with Gasteiger partial charge in [0.2, 0.25) is 0 Å². The van der Waals surface area contributed by atoms with Gasteiger partial charge in [0.05, 0.1) is 0 Å². The van der Waals surface area contributed by atoms with E-state index in [1.54, 1.807) is 13.8 Å². The van der Waals surface area contributed by atoms with E-state index in [9.17, 15) is 17.6 Å². The molecule has 16 heavy (non-hydrogen) atoms. The lowest BCUT2D eigenvalue weighted by Crippen LogP contribution is -2.38. The zero-order valence-corrected chi connectivity index (χ0v) is 8.98. The first-order valence-corrected chi connectivity index (χ1v) is 4.89. The second-order valence-electron chi connectivity index (χ2n) is 3.82. The summed E-state index contributed by atoms with van der Waals surface area (Å²) < 4.78 is 51.4. The van der Waals surface area contributed by atoms with Gasteiger partial charge in [-0.1, -0.05) is 32.0 Å². The van der Waals surface area contributed by atoms with Crippen LogP contribution < -0.4 is 5.32 Å². The lowest BCUT2D eigenvalue weighted by Gasteiger charge is -2.24. The van der Waals surface area contributed by atoms with Gasteiger partial charge in [0.15, 0.2) is 0 Å². The van der Waals surface area contributed by atoms with Crippen LogP contribution in [-0.2, 0) is 0 Å². The Bertz CT molecular complexity index is 346. The zero-order valence-electron chi connectivity index (χ0n) is 8.98. The van der Waals surface area contributed by atoms with Gasteiger partial charge < -0.3 is 5.32 Å². The van der Waals surface area contributed by atoms with Gasteiger partial charge in [-0.15, -0.1) is 0 Å². The van der Waals surface area contributed by atoms with E-state index >= 15 is 0 Å². The highest BCUT2D eigenvalue weighted by atomic mass is 19.4. The molecule has 0 saturated carbocycles. The molecule has 0 aliphatic rings. The molecule has 1 aromatic carbocycles. The molecule has 0 amide bonds. The average molecular weight is 235 g/mol. The fourth-order valence-corrected chi connectivity index (χ4v) is 1.40. The standard InChI is InChI=1S/C11H13F4N/c1-7(2)16-10(11(13,14)15)8-5-3-4-6-9(8)12/h3-7,10,16H,1-2H3. The molecule has 5 heteroatoms. The van der Waals surface area contributed by atoms with Gasteiger partial charge >= 0.3 is 6.18 Å². The minimum atomic E-state index is -4.51. The molecule has 0 bridgehead atoms. The van der Waals surface area contributed by atoms with Crippen molar-refractivity contribution >= 4 is 0 Å². The monoisotopic (exact) mass is 235 g/mol. The summed E-state index contributed by atoms with van der Waals surface area (Å²) in [5.74, 6) is -0.849. The van der Waals surface area contributed by atoms with E-state index in [1.807, 2.05) is 0 Å². The smallest absolute Gasteiger partial charge is 0.300 e. The van der Waals surface area contributed by atoms with Crippen molar-refractivity contribution in [3.8, 4) is 0 Å². The quantitative estimate of drug-likeness (QED) is 0.791. The highest BCUT2D eigenvalue weighted by Crippen LogP contribution is 2.34. The van der Waals surface area contributed by atoms with Gasteiger partial charge in [0.1, 0.15) is 11.9 Å². The van der Waals surface area contributed by atoms with Crippen LogP contribution in [0, 0.1) is 5.82 Å². The Morgan fingerprint density at radius 2 is 1.69 bits per heavy atom. The summed E-state index contributed by atoms with van der Waals surface area (Å²) in [7, 11) is 0. The molecule has 1 nitrogen and oxygen atoms in total. The second-order valence-corrected chi connectivity index (χ2v) is 3.82. The minimum absolute atomic E-state index is 0.372. The van der Waals surface area contributed by atoms with Crippen LogP contribution in [0.25, 0.3) is 0 Å². The van der Waals surface area contributed by atoms with Crippen LogP contribution in [0.2, 0.25) is 0 Å². The number of benzene rings is 1. The summed E-state index contributed by atoms with van der Waals surface area (Å²) in [6.45, 7) is 3.17. The maximum Gasteiger partial charge on any atom is 0.408 e. The Balaban J connectivity index is 3.07. The highest BCUT2D eigenvalue weighted by Gasteiger charge is 2.42. The molecule has 0 radical (unpaired) electrons. The molecular formula is C11H13F4N. The number of alkyl halides is 3. The van der Waals surface area contributed by atoms with Crippen LogP contribution in [-0.4, -0.2) is 12.2 Å². The van der Waals surface area contributed by atoms with E-state index in [2.05, 4.69) is 5.32 Å². The molecule has 1 atom stereocenters. The van der Waals surface area contributed by atoms with Crippen molar-refractivity contribution in [1.29, 1.82) is 0 Å². The van der Waals surface area contributed by atoms with Gasteiger partial charge in [-0.2, -0.15) is 13.2 Å². The molecule has 0 aliphatic heterocycles. The molecule has 0 aliphatic carbocycles. The highest BCUT2D eigenvalue weighted by molar-refractivity contribution is 5.22. The number of hydrogen-bond donors (Lipinski definition) is 1. The third kappa shape index (κ3) is 3.20. The summed E-state index contributed by atoms with van der Waals surface area (Å²) in [6.07, 6.45) is -4.51. The summed E-state index contributed by atoms with van der Waals surface area (Å²) in [4.78, 5) is 0. The van der Waals surface area contributed by atoms with Gasteiger partial charge in [0.25, 0.3) is 0 Å². The molecule has 0 aromatic heterocycles. The largest absolute Gasteiger partial charge is 0.408 e. The molecule has 0 fully saturated rings. The molecule has 1 rings (SSSR count). The van der Waals surface area contributed by atoms with E-state index in [0.29, 0.717) is 0 Å². The topological polar surface area (TPSA) is 12.0 Å². The molecule has 1 aromatic rings. The SMILES string of the molecule is CC(C)NC(c1ccccc1F)C(F)(F)F. The van der Waals surface area contributed by atoms with Gasteiger partial charge in [0, 0.05) is 11.6 Å². The summed E-state index contributed by atoms with van der Waals surface area (Å²) in [6, 6.07) is 2.57. The third-order valence-electron chi connectivity index (χ3n) is 2.04. The van der Waals surface area contributed by atoms with E-state index in [-0.39, 0.29) is 11.6 Å². The fraction of sp³-hybridized carbons (Fsp3) is 0.455. The third-order valence-corrected chi connectivity index (χ3v) is 2.04. The van der Waals surface area contributed by atoms with E-state index in [4.69, 9.17) is 0 Å².